The van der Waals surface area contributed by atoms with Gasteiger partial charge in [-0.3, -0.25) is 0 Å². The van der Waals surface area contributed by atoms with Crippen molar-refractivity contribution in [2.75, 3.05) is 0 Å². The highest BCUT2D eigenvalue weighted by Gasteiger charge is 2.64. The van der Waals surface area contributed by atoms with E-state index in [9.17, 15) is 5.11 Å². The Bertz CT molecular complexity index is 176. The Morgan fingerprint density at radius 2 is 2.00 bits per heavy atom. The fourth-order valence-electron chi connectivity index (χ4n) is 3.04. The van der Waals surface area contributed by atoms with Crippen LogP contribution >= 0.6 is 0 Å². The molecule has 2 aliphatic rings. The molecule has 0 bridgehead atoms. The van der Waals surface area contributed by atoms with Gasteiger partial charge in [-0.15, -0.1) is 0 Å². The molecule has 0 heterocycles. The van der Waals surface area contributed by atoms with E-state index in [-0.39, 0.29) is 6.10 Å². The maximum absolute atomic E-state index is 9.61. The Labute approximate surface area is 68.8 Å². The number of aliphatic hydroxyl groups is 1. The monoisotopic (exact) mass is 154 g/mol. The molecule has 11 heavy (non-hydrogen) atoms. The summed E-state index contributed by atoms with van der Waals surface area (Å²) in [6, 6.07) is 0. The highest BCUT2D eigenvalue weighted by molar-refractivity contribution is 5.13. The van der Waals surface area contributed by atoms with E-state index in [4.69, 9.17) is 0 Å². The van der Waals surface area contributed by atoms with Gasteiger partial charge in [0.2, 0.25) is 0 Å². The lowest BCUT2D eigenvalue weighted by molar-refractivity contribution is 0.113. The smallest absolute Gasteiger partial charge is 0.0574 e. The first-order valence-electron chi connectivity index (χ1n) is 4.76. The summed E-state index contributed by atoms with van der Waals surface area (Å²) in [5.41, 5.74) is 0.554. The number of aliphatic hydroxyl groups excluding tert-OH is 1. The number of fused-ring (bicyclic) bond motifs is 1. The lowest BCUT2D eigenvalue weighted by atomic mass is 9.89. The van der Waals surface area contributed by atoms with Gasteiger partial charge in [-0.1, -0.05) is 20.8 Å². The lowest BCUT2D eigenvalue weighted by Gasteiger charge is -2.17. The summed E-state index contributed by atoms with van der Waals surface area (Å²) in [4.78, 5) is 0. The van der Waals surface area contributed by atoms with Gasteiger partial charge in [0, 0.05) is 0 Å². The molecule has 0 aromatic rings. The van der Waals surface area contributed by atoms with Crippen LogP contribution in [0, 0.1) is 23.2 Å². The Morgan fingerprint density at radius 3 is 2.27 bits per heavy atom. The Balaban J connectivity index is 2.13. The first-order chi connectivity index (χ1) is 5.08. The zero-order chi connectivity index (χ0) is 8.22. The van der Waals surface area contributed by atoms with Crippen LogP contribution in [0.1, 0.15) is 33.6 Å². The van der Waals surface area contributed by atoms with Gasteiger partial charge in [0.05, 0.1) is 6.10 Å². The molecule has 64 valence electrons. The fourth-order valence-corrected chi connectivity index (χ4v) is 3.04. The number of rotatable bonds is 1. The third-order valence-electron chi connectivity index (χ3n) is 4.16. The molecule has 2 aliphatic carbocycles. The van der Waals surface area contributed by atoms with Crippen LogP contribution in [0.2, 0.25) is 0 Å². The van der Waals surface area contributed by atoms with Crippen LogP contribution in [0.5, 0.6) is 0 Å². The maximum atomic E-state index is 9.61. The molecule has 0 aromatic carbocycles. The van der Waals surface area contributed by atoms with E-state index in [0.717, 1.165) is 18.3 Å². The van der Waals surface area contributed by atoms with E-state index in [0.29, 0.717) is 11.3 Å². The van der Waals surface area contributed by atoms with Gasteiger partial charge < -0.3 is 5.11 Å². The van der Waals surface area contributed by atoms with Crippen molar-refractivity contribution in [2.24, 2.45) is 23.2 Å². The van der Waals surface area contributed by atoms with Crippen molar-refractivity contribution >= 4 is 0 Å². The van der Waals surface area contributed by atoms with E-state index in [1.165, 1.54) is 6.42 Å². The second kappa shape index (κ2) is 2.01. The second-order valence-electron chi connectivity index (χ2n) is 4.83. The SMILES string of the molecule is CC(C)[C@@]12C[C@@H]1[C@@H](C)[C@@H](O)C2. The third-order valence-corrected chi connectivity index (χ3v) is 4.16. The summed E-state index contributed by atoms with van der Waals surface area (Å²) in [6.45, 7) is 6.79. The van der Waals surface area contributed by atoms with E-state index in [1.54, 1.807) is 0 Å². The van der Waals surface area contributed by atoms with Crippen LogP contribution < -0.4 is 0 Å². The normalized spacial score (nSPS) is 54.8. The van der Waals surface area contributed by atoms with Gasteiger partial charge in [0.1, 0.15) is 0 Å². The fraction of sp³-hybridized carbons (Fsp3) is 1.00. The van der Waals surface area contributed by atoms with Crippen molar-refractivity contribution in [3.63, 3.8) is 0 Å². The van der Waals surface area contributed by atoms with Crippen LogP contribution in [-0.4, -0.2) is 11.2 Å². The highest BCUT2D eigenvalue weighted by Crippen LogP contribution is 2.69. The average molecular weight is 154 g/mol. The summed E-state index contributed by atoms with van der Waals surface area (Å²) in [6.07, 6.45) is 2.44. The quantitative estimate of drug-likeness (QED) is 0.613. The summed E-state index contributed by atoms with van der Waals surface area (Å²) < 4.78 is 0. The minimum absolute atomic E-state index is 0.00356. The molecule has 0 aliphatic heterocycles. The molecule has 0 aromatic heterocycles. The Kier molecular flexibility index (Phi) is 1.39. The van der Waals surface area contributed by atoms with Crippen molar-refractivity contribution in [3.8, 4) is 0 Å². The predicted molar refractivity (Wildman–Crippen MR) is 45.2 cm³/mol. The molecule has 2 saturated carbocycles. The van der Waals surface area contributed by atoms with Crippen molar-refractivity contribution in [2.45, 2.75) is 39.7 Å². The molecule has 0 spiro atoms. The Hall–Kier alpha value is -0.0400. The van der Waals surface area contributed by atoms with Gasteiger partial charge in [-0.2, -0.15) is 0 Å². The van der Waals surface area contributed by atoms with Gasteiger partial charge >= 0.3 is 0 Å². The summed E-state index contributed by atoms with van der Waals surface area (Å²) in [5, 5.41) is 9.61. The minimum atomic E-state index is -0.00356. The molecular weight excluding hydrogens is 136 g/mol. The molecule has 0 unspecified atom stereocenters. The first-order valence-corrected chi connectivity index (χ1v) is 4.76. The van der Waals surface area contributed by atoms with Crippen molar-refractivity contribution in [1.29, 1.82) is 0 Å². The molecule has 1 heteroatoms. The van der Waals surface area contributed by atoms with Gasteiger partial charge in [-0.05, 0) is 36.0 Å². The minimum Gasteiger partial charge on any atom is -0.393 e. The maximum Gasteiger partial charge on any atom is 0.0574 e. The standard InChI is InChI=1S/C10H18O/c1-6(2)10-4-8(10)7(3)9(11)5-10/h6-9,11H,4-5H2,1-3H3/t7-,8-,9+,10+/m1/s1. The molecule has 0 radical (unpaired) electrons. The number of hydrogen-bond donors (Lipinski definition) is 1. The van der Waals surface area contributed by atoms with Gasteiger partial charge in [0.25, 0.3) is 0 Å². The van der Waals surface area contributed by atoms with E-state index < -0.39 is 0 Å². The second-order valence-corrected chi connectivity index (χ2v) is 4.83. The van der Waals surface area contributed by atoms with Crippen LogP contribution in [-0.2, 0) is 0 Å². The predicted octanol–water partition coefficient (Wildman–Crippen LogP) is 2.05. The molecule has 2 rings (SSSR count). The molecule has 2 fully saturated rings. The Morgan fingerprint density at radius 1 is 1.36 bits per heavy atom. The highest BCUT2D eigenvalue weighted by atomic mass is 16.3. The largest absolute Gasteiger partial charge is 0.393 e. The van der Waals surface area contributed by atoms with E-state index in [2.05, 4.69) is 20.8 Å². The van der Waals surface area contributed by atoms with E-state index >= 15 is 0 Å². The van der Waals surface area contributed by atoms with Crippen LogP contribution in [0.3, 0.4) is 0 Å². The van der Waals surface area contributed by atoms with E-state index in [1.807, 2.05) is 0 Å². The van der Waals surface area contributed by atoms with Gasteiger partial charge in [-0.25, -0.2) is 0 Å². The van der Waals surface area contributed by atoms with Crippen molar-refractivity contribution in [3.05, 3.63) is 0 Å². The van der Waals surface area contributed by atoms with Crippen molar-refractivity contribution in [1.82, 2.24) is 0 Å². The molecule has 4 atom stereocenters. The average Bonchev–Trinajstić information content (AvgIpc) is 2.57. The number of hydrogen-bond acceptors (Lipinski definition) is 1. The molecule has 0 amide bonds. The molecule has 1 N–H and O–H groups in total. The molecule has 1 nitrogen and oxygen atoms in total. The summed E-state index contributed by atoms with van der Waals surface area (Å²) in [5.74, 6) is 2.18. The zero-order valence-corrected chi connectivity index (χ0v) is 7.67. The third kappa shape index (κ3) is 0.807. The topological polar surface area (TPSA) is 20.2 Å². The molecule has 0 saturated heterocycles. The summed E-state index contributed by atoms with van der Waals surface area (Å²) >= 11 is 0. The lowest BCUT2D eigenvalue weighted by Crippen LogP contribution is -2.15. The van der Waals surface area contributed by atoms with Crippen LogP contribution in [0.25, 0.3) is 0 Å². The first kappa shape index (κ1) is 7.60. The van der Waals surface area contributed by atoms with Crippen LogP contribution in [0.15, 0.2) is 0 Å². The molecular formula is C10H18O. The zero-order valence-electron chi connectivity index (χ0n) is 7.67. The summed E-state index contributed by atoms with van der Waals surface area (Å²) in [7, 11) is 0. The van der Waals surface area contributed by atoms with Gasteiger partial charge in [0.15, 0.2) is 0 Å². The van der Waals surface area contributed by atoms with Crippen molar-refractivity contribution < 1.29 is 5.11 Å². The van der Waals surface area contributed by atoms with Crippen LogP contribution in [0.4, 0.5) is 0 Å².